The summed E-state index contributed by atoms with van der Waals surface area (Å²) in [5, 5.41) is 13.3. The van der Waals surface area contributed by atoms with Gasteiger partial charge in [0, 0.05) is 6.54 Å². The van der Waals surface area contributed by atoms with Crippen LogP contribution in [0.2, 0.25) is 0 Å². The first-order valence-electron chi connectivity index (χ1n) is 8.65. The van der Waals surface area contributed by atoms with Crippen molar-refractivity contribution in [3.8, 4) is 5.75 Å². The van der Waals surface area contributed by atoms with Crippen molar-refractivity contribution in [2.75, 3.05) is 25.0 Å². The van der Waals surface area contributed by atoms with Crippen molar-refractivity contribution < 1.29 is 14.6 Å². The minimum absolute atomic E-state index is 0.145. The minimum atomic E-state index is -0.514. The quantitative estimate of drug-likeness (QED) is 0.896. The summed E-state index contributed by atoms with van der Waals surface area (Å²) < 4.78 is 5.55. The SMILES string of the molecule is CC1Oc2ccc(C(O)CCN3CCCCCC3)cc2NC1=O. The second-order valence-electron chi connectivity index (χ2n) is 6.57. The summed E-state index contributed by atoms with van der Waals surface area (Å²) in [4.78, 5) is 14.1. The highest BCUT2D eigenvalue weighted by atomic mass is 16.5. The summed E-state index contributed by atoms with van der Waals surface area (Å²) in [6.45, 7) is 4.91. The van der Waals surface area contributed by atoms with Crippen molar-refractivity contribution in [3.63, 3.8) is 0 Å². The molecule has 3 rings (SSSR count). The fourth-order valence-electron chi connectivity index (χ4n) is 3.26. The number of likely N-dealkylation sites (tertiary alicyclic amines) is 1. The summed E-state index contributed by atoms with van der Waals surface area (Å²) in [6, 6.07) is 5.54. The van der Waals surface area contributed by atoms with Gasteiger partial charge in [0.1, 0.15) is 5.75 Å². The van der Waals surface area contributed by atoms with Crippen LogP contribution < -0.4 is 10.1 Å². The Labute approximate surface area is 137 Å². The maximum atomic E-state index is 11.7. The number of nitrogens with one attached hydrogen (secondary N) is 1. The zero-order valence-electron chi connectivity index (χ0n) is 13.8. The summed E-state index contributed by atoms with van der Waals surface area (Å²) in [7, 11) is 0. The van der Waals surface area contributed by atoms with E-state index < -0.39 is 12.2 Å². The van der Waals surface area contributed by atoms with E-state index in [1.807, 2.05) is 18.2 Å². The lowest BCUT2D eigenvalue weighted by Gasteiger charge is -2.25. The van der Waals surface area contributed by atoms with Crippen LogP contribution in [0, 0.1) is 0 Å². The van der Waals surface area contributed by atoms with Gasteiger partial charge in [0.05, 0.1) is 11.8 Å². The van der Waals surface area contributed by atoms with Gasteiger partial charge in [-0.05, 0) is 57.0 Å². The maximum Gasteiger partial charge on any atom is 0.265 e. The molecule has 0 radical (unpaired) electrons. The Hall–Kier alpha value is -1.59. The van der Waals surface area contributed by atoms with Gasteiger partial charge in [0.15, 0.2) is 6.10 Å². The van der Waals surface area contributed by atoms with Crippen molar-refractivity contribution >= 4 is 11.6 Å². The number of carbonyl (C=O) groups is 1. The Bertz CT molecular complexity index is 553. The molecule has 2 aliphatic rings. The zero-order chi connectivity index (χ0) is 16.2. The number of rotatable bonds is 4. The molecule has 5 heteroatoms. The Balaban J connectivity index is 1.60. The van der Waals surface area contributed by atoms with Gasteiger partial charge in [-0.15, -0.1) is 0 Å². The van der Waals surface area contributed by atoms with E-state index in [-0.39, 0.29) is 5.91 Å². The molecule has 5 nitrogen and oxygen atoms in total. The average molecular weight is 318 g/mol. The van der Waals surface area contributed by atoms with E-state index in [0.717, 1.165) is 25.2 Å². The Morgan fingerprint density at radius 1 is 1.30 bits per heavy atom. The first-order valence-corrected chi connectivity index (χ1v) is 8.65. The van der Waals surface area contributed by atoms with Gasteiger partial charge < -0.3 is 20.1 Å². The van der Waals surface area contributed by atoms with E-state index in [1.165, 1.54) is 25.7 Å². The Kier molecular flexibility index (Phi) is 5.18. The Morgan fingerprint density at radius 2 is 2.04 bits per heavy atom. The predicted octanol–water partition coefficient (Wildman–Crippen LogP) is 2.71. The van der Waals surface area contributed by atoms with Crippen molar-refractivity contribution in [3.05, 3.63) is 23.8 Å². The van der Waals surface area contributed by atoms with Gasteiger partial charge in [-0.3, -0.25) is 4.79 Å². The van der Waals surface area contributed by atoms with Crippen molar-refractivity contribution in [2.45, 2.75) is 51.2 Å². The first kappa shape index (κ1) is 16.3. The number of ether oxygens (including phenoxy) is 1. The third kappa shape index (κ3) is 4.03. The van der Waals surface area contributed by atoms with E-state index in [2.05, 4.69) is 10.2 Å². The van der Waals surface area contributed by atoms with E-state index >= 15 is 0 Å². The third-order valence-electron chi connectivity index (χ3n) is 4.74. The fraction of sp³-hybridized carbons (Fsp3) is 0.611. The number of benzene rings is 1. The number of hydrogen-bond donors (Lipinski definition) is 2. The van der Waals surface area contributed by atoms with Crippen LogP contribution in [0.25, 0.3) is 0 Å². The third-order valence-corrected chi connectivity index (χ3v) is 4.74. The molecule has 1 saturated heterocycles. The van der Waals surface area contributed by atoms with E-state index in [1.54, 1.807) is 6.92 Å². The number of fused-ring (bicyclic) bond motifs is 1. The smallest absolute Gasteiger partial charge is 0.265 e. The standard InChI is InChI=1S/C18H26N2O3/c1-13-18(22)19-15-12-14(6-7-17(15)23-13)16(21)8-11-20-9-4-2-3-5-10-20/h6-7,12-13,16,21H,2-5,8-11H2,1H3,(H,19,22). The fourth-order valence-corrected chi connectivity index (χ4v) is 3.26. The first-order chi connectivity index (χ1) is 11.1. The van der Waals surface area contributed by atoms with Crippen LogP contribution in [-0.4, -0.2) is 41.7 Å². The molecule has 0 saturated carbocycles. The van der Waals surface area contributed by atoms with Crippen LogP contribution in [0.1, 0.15) is 50.7 Å². The van der Waals surface area contributed by atoms with Gasteiger partial charge in [-0.25, -0.2) is 0 Å². The monoisotopic (exact) mass is 318 g/mol. The normalized spacial score (nSPS) is 23.4. The molecule has 1 fully saturated rings. The number of aliphatic hydroxyl groups excluding tert-OH is 1. The lowest BCUT2D eigenvalue weighted by molar-refractivity contribution is -0.122. The summed E-state index contributed by atoms with van der Waals surface area (Å²) >= 11 is 0. The molecular formula is C18H26N2O3. The number of nitrogens with zero attached hydrogens (tertiary/aromatic N) is 1. The van der Waals surface area contributed by atoms with Crippen molar-refractivity contribution in [1.29, 1.82) is 0 Å². The minimum Gasteiger partial charge on any atom is -0.479 e. The van der Waals surface area contributed by atoms with Gasteiger partial charge in [0.25, 0.3) is 5.91 Å². The second kappa shape index (κ2) is 7.32. The molecule has 2 unspecified atom stereocenters. The van der Waals surface area contributed by atoms with Crippen molar-refractivity contribution in [2.24, 2.45) is 0 Å². The molecular weight excluding hydrogens is 292 g/mol. The van der Waals surface area contributed by atoms with Crippen LogP contribution in [0.4, 0.5) is 5.69 Å². The summed E-state index contributed by atoms with van der Waals surface area (Å²) in [5.74, 6) is 0.522. The molecule has 2 heterocycles. The maximum absolute atomic E-state index is 11.7. The van der Waals surface area contributed by atoms with Gasteiger partial charge >= 0.3 is 0 Å². The number of carbonyl (C=O) groups excluding carboxylic acids is 1. The number of amides is 1. The lowest BCUT2D eigenvalue weighted by atomic mass is 10.0. The largest absolute Gasteiger partial charge is 0.479 e. The molecule has 23 heavy (non-hydrogen) atoms. The second-order valence-corrected chi connectivity index (χ2v) is 6.57. The number of aliphatic hydroxyl groups is 1. The van der Waals surface area contributed by atoms with Crippen molar-refractivity contribution in [1.82, 2.24) is 4.90 Å². The number of hydrogen-bond acceptors (Lipinski definition) is 4. The van der Waals surface area contributed by atoms with Crippen LogP contribution in [0.15, 0.2) is 18.2 Å². The summed E-state index contributed by atoms with van der Waals surface area (Å²) in [6.07, 6.45) is 4.89. The lowest BCUT2D eigenvalue weighted by Crippen LogP contribution is -2.34. The van der Waals surface area contributed by atoms with Crippen LogP contribution in [0.3, 0.4) is 0 Å². The summed E-state index contributed by atoms with van der Waals surface area (Å²) in [5.41, 5.74) is 1.48. The molecule has 0 aromatic heterocycles. The van der Waals surface area contributed by atoms with Gasteiger partial charge in [-0.2, -0.15) is 0 Å². The van der Waals surface area contributed by atoms with Crippen LogP contribution in [-0.2, 0) is 4.79 Å². The van der Waals surface area contributed by atoms with E-state index in [0.29, 0.717) is 17.9 Å². The highest BCUT2D eigenvalue weighted by molar-refractivity contribution is 5.97. The van der Waals surface area contributed by atoms with Crippen LogP contribution >= 0.6 is 0 Å². The molecule has 0 aliphatic carbocycles. The molecule has 2 N–H and O–H groups in total. The molecule has 2 aliphatic heterocycles. The Morgan fingerprint density at radius 3 is 2.78 bits per heavy atom. The van der Waals surface area contributed by atoms with Gasteiger partial charge in [-0.1, -0.05) is 18.9 Å². The van der Waals surface area contributed by atoms with E-state index in [9.17, 15) is 9.90 Å². The average Bonchev–Trinajstić information content (AvgIpc) is 2.82. The highest BCUT2D eigenvalue weighted by Gasteiger charge is 2.24. The molecule has 1 aromatic rings. The molecule has 0 spiro atoms. The predicted molar refractivity (Wildman–Crippen MR) is 89.6 cm³/mol. The molecule has 2 atom stereocenters. The molecule has 1 aromatic carbocycles. The highest BCUT2D eigenvalue weighted by Crippen LogP contribution is 2.33. The molecule has 1 amide bonds. The zero-order valence-corrected chi connectivity index (χ0v) is 13.8. The van der Waals surface area contributed by atoms with Gasteiger partial charge in [0.2, 0.25) is 0 Å². The molecule has 0 bridgehead atoms. The number of anilines is 1. The molecule has 126 valence electrons. The van der Waals surface area contributed by atoms with Crippen LogP contribution in [0.5, 0.6) is 5.75 Å². The topological polar surface area (TPSA) is 61.8 Å². The van der Waals surface area contributed by atoms with E-state index in [4.69, 9.17) is 4.74 Å².